The predicted molar refractivity (Wildman–Crippen MR) is 65.3 cm³/mol. The van der Waals surface area contributed by atoms with E-state index in [2.05, 4.69) is 5.32 Å². The van der Waals surface area contributed by atoms with Crippen LogP contribution >= 0.6 is 0 Å². The van der Waals surface area contributed by atoms with Gasteiger partial charge in [-0.25, -0.2) is 4.79 Å². The second kappa shape index (κ2) is 4.97. The highest BCUT2D eigenvalue weighted by Gasteiger charge is 2.30. The Kier molecular flexibility index (Phi) is 3.16. The van der Waals surface area contributed by atoms with Gasteiger partial charge in [0.1, 0.15) is 5.75 Å². The Morgan fingerprint density at radius 3 is 2.79 bits per heavy atom. The summed E-state index contributed by atoms with van der Waals surface area (Å²) in [6, 6.07) is 3.63. The van der Waals surface area contributed by atoms with E-state index < -0.39 is 6.10 Å². The summed E-state index contributed by atoms with van der Waals surface area (Å²) in [5, 5.41) is 3.06. The number of nitrogens with one attached hydrogen (secondary N) is 1. The molecule has 1 fully saturated rings. The lowest BCUT2D eigenvalue weighted by atomic mass is 10.1. The number of hydrogen-bond acceptors (Lipinski definition) is 6. The number of carbonyl (C=O) groups excluding carboxylic acids is 1. The summed E-state index contributed by atoms with van der Waals surface area (Å²) in [7, 11) is 1.85. The fourth-order valence-corrected chi connectivity index (χ4v) is 2.14. The molecule has 2 aliphatic heterocycles. The molecule has 1 aromatic carbocycles. The van der Waals surface area contributed by atoms with Gasteiger partial charge in [-0.05, 0) is 13.1 Å². The molecule has 0 saturated carbocycles. The van der Waals surface area contributed by atoms with E-state index in [1.807, 2.05) is 13.1 Å². The summed E-state index contributed by atoms with van der Waals surface area (Å²) in [5.74, 6) is 1.66. The van der Waals surface area contributed by atoms with Crippen molar-refractivity contribution in [1.82, 2.24) is 5.32 Å². The summed E-state index contributed by atoms with van der Waals surface area (Å²) >= 11 is 0. The molecular weight excluding hydrogens is 250 g/mol. The lowest BCUT2D eigenvalue weighted by Crippen LogP contribution is -2.22. The molecule has 1 atom stereocenters. The van der Waals surface area contributed by atoms with Crippen LogP contribution in [-0.2, 0) is 16.1 Å². The molecule has 2 aliphatic rings. The van der Waals surface area contributed by atoms with Crippen molar-refractivity contribution in [3.63, 3.8) is 0 Å². The third kappa shape index (κ3) is 2.31. The first-order chi connectivity index (χ1) is 9.28. The van der Waals surface area contributed by atoms with Gasteiger partial charge in [-0.2, -0.15) is 0 Å². The third-order valence-electron chi connectivity index (χ3n) is 3.08. The number of carbonyl (C=O) groups is 1. The molecule has 0 bridgehead atoms. The topological polar surface area (TPSA) is 66.0 Å². The van der Waals surface area contributed by atoms with E-state index in [9.17, 15) is 4.79 Å². The average Bonchev–Trinajstić information content (AvgIpc) is 3.00. The van der Waals surface area contributed by atoms with Crippen LogP contribution in [0.2, 0.25) is 0 Å². The Bertz CT molecular complexity index is 502. The van der Waals surface area contributed by atoms with Crippen molar-refractivity contribution < 1.29 is 23.7 Å². The lowest BCUT2D eigenvalue weighted by molar-refractivity contribution is -0.143. The number of rotatable bonds is 4. The maximum Gasteiger partial charge on any atom is 0.347 e. The first-order valence-corrected chi connectivity index (χ1v) is 6.18. The Morgan fingerprint density at radius 2 is 2.11 bits per heavy atom. The van der Waals surface area contributed by atoms with Crippen molar-refractivity contribution in [3.05, 3.63) is 17.7 Å². The molecular formula is C13H15NO5. The van der Waals surface area contributed by atoms with Crippen LogP contribution < -0.4 is 19.5 Å². The second-order valence-electron chi connectivity index (χ2n) is 4.41. The zero-order valence-electron chi connectivity index (χ0n) is 10.6. The van der Waals surface area contributed by atoms with E-state index in [0.29, 0.717) is 36.8 Å². The van der Waals surface area contributed by atoms with Crippen LogP contribution in [0.1, 0.15) is 12.0 Å². The third-order valence-corrected chi connectivity index (χ3v) is 3.08. The molecule has 6 nitrogen and oxygen atoms in total. The van der Waals surface area contributed by atoms with Gasteiger partial charge in [0.25, 0.3) is 0 Å². The molecule has 1 N–H and O–H groups in total. The van der Waals surface area contributed by atoms with E-state index >= 15 is 0 Å². The quantitative estimate of drug-likeness (QED) is 0.813. The van der Waals surface area contributed by atoms with E-state index in [1.165, 1.54) is 0 Å². The van der Waals surface area contributed by atoms with Crippen LogP contribution in [0.4, 0.5) is 0 Å². The van der Waals surface area contributed by atoms with Crippen LogP contribution in [0.15, 0.2) is 12.1 Å². The predicted octanol–water partition coefficient (Wildman–Crippen LogP) is 0.829. The van der Waals surface area contributed by atoms with Gasteiger partial charge < -0.3 is 24.3 Å². The number of hydrogen-bond donors (Lipinski definition) is 1. The van der Waals surface area contributed by atoms with Gasteiger partial charge in [0.05, 0.1) is 6.61 Å². The Balaban J connectivity index is 1.87. The van der Waals surface area contributed by atoms with Crippen molar-refractivity contribution >= 4 is 5.97 Å². The highest BCUT2D eigenvalue weighted by atomic mass is 16.7. The zero-order chi connectivity index (χ0) is 13.2. The molecule has 102 valence electrons. The molecule has 0 aliphatic carbocycles. The number of fused-ring (bicyclic) bond motifs is 1. The van der Waals surface area contributed by atoms with Crippen LogP contribution in [0, 0.1) is 0 Å². The first-order valence-electron chi connectivity index (χ1n) is 6.18. The minimum atomic E-state index is -0.532. The monoisotopic (exact) mass is 265 g/mol. The summed E-state index contributed by atoms with van der Waals surface area (Å²) in [6.07, 6.45) is 0.0442. The smallest absolute Gasteiger partial charge is 0.347 e. The first kappa shape index (κ1) is 12.1. The molecule has 2 heterocycles. The standard InChI is InChI=1S/C13H15NO5/c1-14-6-8-4-11-12(18-7-17-11)5-10(8)19-9-2-3-16-13(9)15/h4-5,9,14H,2-3,6-7H2,1H3. The SMILES string of the molecule is CNCc1cc2c(cc1OC1CCOC1=O)OCO2. The van der Waals surface area contributed by atoms with Crippen LogP contribution in [-0.4, -0.2) is 32.5 Å². The molecule has 1 saturated heterocycles. The minimum absolute atomic E-state index is 0.212. The number of cyclic esters (lactones) is 1. The molecule has 1 aromatic rings. The molecule has 3 rings (SSSR count). The van der Waals surface area contributed by atoms with E-state index in [-0.39, 0.29) is 12.8 Å². The van der Waals surface area contributed by atoms with Crippen LogP contribution in [0.25, 0.3) is 0 Å². The van der Waals surface area contributed by atoms with Crippen molar-refractivity contribution in [2.75, 3.05) is 20.4 Å². The summed E-state index contributed by atoms with van der Waals surface area (Å²) < 4.78 is 21.3. The van der Waals surface area contributed by atoms with Crippen LogP contribution in [0.3, 0.4) is 0 Å². The molecule has 6 heteroatoms. The number of esters is 1. The molecule has 0 aromatic heterocycles. The fraction of sp³-hybridized carbons (Fsp3) is 0.462. The van der Waals surface area contributed by atoms with Crippen molar-refractivity contribution in [2.24, 2.45) is 0 Å². The van der Waals surface area contributed by atoms with Gasteiger partial charge in [-0.1, -0.05) is 0 Å². The number of ether oxygens (including phenoxy) is 4. The van der Waals surface area contributed by atoms with Gasteiger partial charge in [-0.3, -0.25) is 0 Å². The second-order valence-corrected chi connectivity index (χ2v) is 4.41. The normalized spacial score (nSPS) is 20.5. The van der Waals surface area contributed by atoms with Gasteiger partial charge in [0.2, 0.25) is 6.79 Å². The summed E-state index contributed by atoms with van der Waals surface area (Å²) in [5.41, 5.74) is 0.923. The largest absolute Gasteiger partial charge is 0.478 e. The lowest BCUT2D eigenvalue weighted by Gasteiger charge is -2.15. The van der Waals surface area contributed by atoms with Crippen molar-refractivity contribution in [1.29, 1.82) is 0 Å². The Hall–Kier alpha value is -1.95. The van der Waals surface area contributed by atoms with E-state index in [0.717, 1.165) is 5.56 Å². The number of benzene rings is 1. The van der Waals surface area contributed by atoms with Gasteiger partial charge in [-0.15, -0.1) is 0 Å². The van der Waals surface area contributed by atoms with Crippen molar-refractivity contribution in [3.8, 4) is 17.2 Å². The molecule has 0 spiro atoms. The summed E-state index contributed by atoms with van der Waals surface area (Å²) in [4.78, 5) is 11.5. The molecule has 19 heavy (non-hydrogen) atoms. The fourth-order valence-electron chi connectivity index (χ4n) is 2.14. The highest BCUT2D eigenvalue weighted by Crippen LogP contribution is 2.38. The highest BCUT2D eigenvalue weighted by molar-refractivity contribution is 5.77. The summed E-state index contributed by atoms with van der Waals surface area (Å²) in [6.45, 7) is 1.24. The van der Waals surface area contributed by atoms with Gasteiger partial charge >= 0.3 is 5.97 Å². The minimum Gasteiger partial charge on any atom is -0.478 e. The Labute approximate surface area is 110 Å². The van der Waals surface area contributed by atoms with Crippen molar-refractivity contribution in [2.45, 2.75) is 19.1 Å². The maximum absolute atomic E-state index is 11.5. The van der Waals surface area contributed by atoms with Gasteiger partial charge in [0, 0.05) is 24.6 Å². The van der Waals surface area contributed by atoms with Gasteiger partial charge in [0.15, 0.2) is 17.6 Å². The zero-order valence-corrected chi connectivity index (χ0v) is 10.6. The molecule has 0 amide bonds. The maximum atomic E-state index is 11.5. The average molecular weight is 265 g/mol. The molecule has 1 unspecified atom stereocenters. The molecule has 0 radical (unpaired) electrons. The van der Waals surface area contributed by atoms with E-state index in [4.69, 9.17) is 18.9 Å². The van der Waals surface area contributed by atoms with Crippen LogP contribution in [0.5, 0.6) is 17.2 Å². The van der Waals surface area contributed by atoms with E-state index in [1.54, 1.807) is 6.07 Å². The Morgan fingerprint density at radius 1 is 1.32 bits per heavy atom.